The van der Waals surface area contributed by atoms with Crippen LogP contribution in [0.5, 0.6) is 0 Å². The molecule has 3 aromatic carbocycles. The Bertz CT molecular complexity index is 1150. The van der Waals surface area contributed by atoms with E-state index in [1.54, 1.807) is 36.4 Å². The molecule has 0 aliphatic carbocycles. The molecule has 0 atom stereocenters. The van der Waals surface area contributed by atoms with Gasteiger partial charge in [0, 0.05) is 5.69 Å². The molecule has 0 aromatic heterocycles. The molecule has 0 amide bonds. The largest absolute Gasteiger partial charge is 0.316 e. The summed E-state index contributed by atoms with van der Waals surface area (Å²) in [6.07, 6.45) is 1.85. The van der Waals surface area contributed by atoms with Gasteiger partial charge in [0.25, 0.3) is 10.0 Å². The molecule has 158 valence electrons. The van der Waals surface area contributed by atoms with Crippen LogP contribution in [0, 0.1) is 0 Å². The summed E-state index contributed by atoms with van der Waals surface area (Å²) in [6, 6.07) is 17.8. The van der Waals surface area contributed by atoms with Gasteiger partial charge in [0.1, 0.15) is 0 Å². The third-order valence-electron chi connectivity index (χ3n) is 5.02. The van der Waals surface area contributed by atoms with Gasteiger partial charge < -0.3 is 5.32 Å². The van der Waals surface area contributed by atoms with E-state index in [-0.39, 0.29) is 17.3 Å². The number of halogens is 3. The van der Waals surface area contributed by atoms with Crippen LogP contribution in [0.4, 0.5) is 5.69 Å². The van der Waals surface area contributed by atoms with Crippen LogP contribution < -0.4 is 10.0 Å². The van der Waals surface area contributed by atoms with Crippen molar-refractivity contribution >= 4 is 51.3 Å². The highest BCUT2D eigenvalue weighted by Crippen LogP contribution is 2.29. The Balaban J connectivity index is 0.00000256. The molecule has 0 fully saturated rings. The van der Waals surface area contributed by atoms with Gasteiger partial charge in [-0.15, -0.1) is 12.4 Å². The SMILES string of the molecule is Cl.O=S(=O)(Nc1ccc2c(c1)CCNCC2)c1ccc(-c2ccc(Cl)c(Cl)c2)cc1. The first-order valence-electron chi connectivity index (χ1n) is 9.33. The predicted molar refractivity (Wildman–Crippen MR) is 127 cm³/mol. The molecular weight excluding hydrogens is 463 g/mol. The van der Waals surface area contributed by atoms with Crippen LogP contribution in [0.1, 0.15) is 11.1 Å². The van der Waals surface area contributed by atoms with Gasteiger partial charge in [0.05, 0.1) is 14.9 Å². The Morgan fingerprint density at radius 2 is 1.43 bits per heavy atom. The zero-order valence-corrected chi connectivity index (χ0v) is 19.1. The Labute approximate surface area is 193 Å². The Morgan fingerprint density at radius 3 is 2.13 bits per heavy atom. The van der Waals surface area contributed by atoms with Crippen LogP contribution in [0.25, 0.3) is 11.1 Å². The number of hydrogen-bond donors (Lipinski definition) is 2. The molecule has 4 rings (SSSR count). The zero-order valence-electron chi connectivity index (χ0n) is 16.0. The van der Waals surface area contributed by atoms with Crippen molar-refractivity contribution in [1.82, 2.24) is 5.32 Å². The van der Waals surface area contributed by atoms with Gasteiger partial charge in [-0.25, -0.2) is 8.42 Å². The molecule has 0 saturated carbocycles. The molecule has 0 saturated heterocycles. The van der Waals surface area contributed by atoms with Crippen LogP contribution in [0.15, 0.2) is 65.6 Å². The molecule has 3 aromatic rings. The van der Waals surface area contributed by atoms with Crippen molar-refractivity contribution in [3.8, 4) is 11.1 Å². The van der Waals surface area contributed by atoms with Crippen molar-refractivity contribution in [1.29, 1.82) is 0 Å². The average molecular weight is 484 g/mol. The third-order valence-corrected chi connectivity index (χ3v) is 7.15. The first-order valence-corrected chi connectivity index (χ1v) is 11.6. The van der Waals surface area contributed by atoms with E-state index in [1.165, 1.54) is 11.1 Å². The highest BCUT2D eigenvalue weighted by atomic mass is 35.5. The molecule has 30 heavy (non-hydrogen) atoms. The van der Waals surface area contributed by atoms with Crippen LogP contribution in [-0.4, -0.2) is 21.5 Å². The molecule has 0 radical (unpaired) electrons. The van der Waals surface area contributed by atoms with Crippen LogP contribution in [0.3, 0.4) is 0 Å². The fraction of sp³-hybridized carbons (Fsp3) is 0.182. The summed E-state index contributed by atoms with van der Waals surface area (Å²) in [7, 11) is -3.68. The highest BCUT2D eigenvalue weighted by Gasteiger charge is 2.16. The predicted octanol–water partition coefficient (Wildman–Crippen LogP) is 5.57. The van der Waals surface area contributed by atoms with Crippen molar-refractivity contribution in [2.45, 2.75) is 17.7 Å². The second kappa shape index (κ2) is 9.58. The van der Waals surface area contributed by atoms with E-state index < -0.39 is 10.0 Å². The molecule has 0 bridgehead atoms. The lowest BCUT2D eigenvalue weighted by atomic mass is 10.0. The molecular formula is C22H21Cl3N2O2S. The third kappa shape index (κ3) is 5.10. The van der Waals surface area contributed by atoms with E-state index in [4.69, 9.17) is 23.2 Å². The van der Waals surface area contributed by atoms with Crippen molar-refractivity contribution in [2.75, 3.05) is 17.8 Å². The normalized spacial score (nSPS) is 13.7. The van der Waals surface area contributed by atoms with Crippen molar-refractivity contribution in [3.63, 3.8) is 0 Å². The van der Waals surface area contributed by atoms with Gasteiger partial charge in [0.2, 0.25) is 0 Å². The fourth-order valence-corrected chi connectivity index (χ4v) is 4.80. The second-order valence-electron chi connectivity index (χ2n) is 6.99. The molecule has 1 aliphatic rings. The Hall–Kier alpha value is -1.76. The van der Waals surface area contributed by atoms with E-state index in [9.17, 15) is 8.42 Å². The smallest absolute Gasteiger partial charge is 0.261 e. The number of fused-ring (bicyclic) bond motifs is 1. The van der Waals surface area contributed by atoms with Crippen molar-refractivity contribution in [2.24, 2.45) is 0 Å². The minimum Gasteiger partial charge on any atom is -0.316 e. The number of nitrogens with one attached hydrogen (secondary N) is 2. The van der Waals surface area contributed by atoms with Crippen molar-refractivity contribution in [3.05, 3.63) is 81.8 Å². The monoisotopic (exact) mass is 482 g/mol. The maximum atomic E-state index is 12.8. The summed E-state index contributed by atoms with van der Waals surface area (Å²) in [5.41, 5.74) is 4.77. The van der Waals surface area contributed by atoms with Crippen LogP contribution in [0.2, 0.25) is 10.0 Å². The van der Waals surface area contributed by atoms with Gasteiger partial charge in [-0.1, -0.05) is 47.5 Å². The average Bonchev–Trinajstić information content (AvgIpc) is 2.95. The number of sulfonamides is 1. The molecule has 2 N–H and O–H groups in total. The first kappa shape index (κ1) is 22.9. The summed E-state index contributed by atoms with van der Waals surface area (Å²) < 4.78 is 28.3. The van der Waals surface area contributed by atoms with Crippen molar-refractivity contribution < 1.29 is 8.42 Å². The summed E-state index contributed by atoms with van der Waals surface area (Å²) in [4.78, 5) is 0.206. The number of benzene rings is 3. The Kier molecular flexibility index (Phi) is 7.32. The van der Waals surface area contributed by atoms with E-state index >= 15 is 0 Å². The Morgan fingerprint density at radius 1 is 0.767 bits per heavy atom. The van der Waals surface area contributed by atoms with Gasteiger partial charge in [-0.05, 0) is 84.6 Å². The molecule has 1 aliphatic heterocycles. The maximum absolute atomic E-state index is 12.8. The van der Waals surface area contributed by atoms with Gasteiger partial charge in [0.15, 0.2) is 0 Å². The van der Waals surface area contributed by atoms with E-state index in [1.807, 2.05) is 24.3 Å². The second-order valence-corrected chi connectivity index (χ2v) is 9.49. The zero-order chi connectivity index (χ0) is 20.4. The quantitative estimate of drug-likeness (QED) is 0.510. The van der Waals surface area contributed by atoms with E-state index in [0.717, 1.165) is 37.1 Å². The minimum absolute atomic E-state index is 0. The molecule has 1 heterocycles. The fourth-order valence-electron chi connectivity index (χ4n) is 3.45. The minimum atomic E-state index is -3.68. The first-order chi connectivity index (χ1) is 13.9. The summed E-state index contributed by atoms with van der Waals surface area (Å²) in [6.45, 7) is 1.85. The molecule has 4 nitrogen and oxygen atoms in total. The lowest BCUT2D eigenvalue weighted by Gasteiger charge is -2.12. The van der Waals surface area contributed by atoms with E-state index in [0.29, 0.717) is 15.7 Å². The summed E-state index contributed by atoms with van der Waals surface area (Å²) in [5.74, 6) is 0. The molecule has 0 unspecified atom stereocenters. The lowest BCUT2D eigenvalue weighted by molar-refractivity contribution is 0.601. The summed E-state index contributed by atoms with van der Waals surface area (Å²) >= 11 is 12.0. The summed E-state index contributed by atoms with van der Waals surface area (Å²) in [5, 5.41) is 4.30. The van der Waals surface area contributed by atoms with Crippen LogP contribution >= 0.6 is 35.6 Å². The van der Waals surface area contributed by atoms with Gasteiger partial charge >= 0.3 is 0 Å². The van der Waals surface area contributed by atoms with Gasteiger partial charge in [-0.2, -0.15) is 0 Å². The molecule has 0 spiro atoms. The number of rotatable bonds is 4. The van der Waals surface area contributed by atoms with E-state index in [2.05, 4.69) is 10.0 Å². The lowest BCUT2D eigenvalue weighted by Crippen LogP contribution is -2.16. The maximum Gasteiger partial charge on any atom is 0.261 e. The number of hydrogen-bond acceptors (Lipinski definition) is 3. The molecule has 8 heteroatoms. The topological polar surface area (TPSA) is 58.2 Å². The standard InChI is InChI=1S/C22H20Cl2N2O2S.ClH/c23-21-8-4-17(14-22(21)24)15-2-6-20(7-3-15)29(27,28)26-19-5-1-16-9-11-25-12-10-18(16)13-19;/h1-8,13-14,25-26H,9-12H2;1H. The van der Waals surface area contributed by atoms with Gasteiger partial charge in [-0.3, -0.25) is 4.72 Å². The number of anilines is 1. The van der Waals surface area contributed by atoms with Crippen LogP contribution in [-0.2, 0) is 22.9 Å². The highest BCUT2D eigenvalue weighted by molar-refractivity contribution is 7.92.